The average Bonchev–Trinajstić information content (AvgIpc) is 3.97. The van der Waals surface area contributed by atoms with Crippen molar-refractivity contribution in [1.29, 1.82) is 0 Å². The van der Waals surface area contributed by atoms with Crippen molar-refractivity contribution in [3.05, 3.63) is 76.9 Å². The first-order valence-corrected chi connectivity index (χ1v) is 20.8. The lowest BCUT2D eigenvalue weighted by Gasteiger charge is -2.48. The molecule has 4 unspecified atom stereocenters. The van der Waals surface area contributed by atoms with E-state index in [1.165, 1.54) is 5.56 Å². The molecule has 1 saturated carbocycles. The van der Waals surface area contributed by atoms with Gasteiger partial charge in [-0.15, -0.1) is 0 Å². The molecule has 4 atom stereocenters. The van der Waals surface area contributed by atoms with Gasteiger partial charge in [0.15, 0.2) is 0 Å². The maximum absolute atomic E-state index is 13.3. The molecule has 4 N–H and O–H groups in total. The number of hydrogen-bond acceptors (Lipinski definition) is 11. The Morgan fingerprint density at radius 1 is 0.814 bits per heavy atom. The zero-order valence-corrected chi connectivity index (χ0v) is 33.0. The van der Waals surface area contributed by atoms with Gasteiger partial charge in [0.2, 0.25) is 11.8 Å². The number of nitrogens with two attached hydrogens (primary N) is 1. The fraction of sp³-hybridized carbons (Fsp3) is 0.465. The number of carbonyl (C=O) groups excluding carboxylic acids is 6. The van der Waals surface area contributed by atoms with E-state index in [2.05, 4.69) is 37.5 Å². The summed E-state index contributed by atoms with van der Waals surface area (Å²) in [5.74, 6) is -0.407. The van der Waals surface area contributed by atoms with Gasteiger partial charge in [-0.25, -0.2) is 9.78 Å². The molecule has 10 rings (SSSR count). The van der Waals surface area contributed by atoms with Crippen LogP contribution in [-0.4, -0.2) is 137 Å². The molecule has 2 aromatic carbocycles. The van der Waals surface area contributed by atoms with Gasteiger partial charge in [-0.1, -0.05) is 12.1 Å². The molecule has 59 heavy (non-hydrogen) atoms. The summed E-state index contributed by atoms with van der Waals surface area (Å²) in [4.78, 5) is 92.7. The Balaban J connectivity index is 0.739. The number of likely N-dealkylation sites (N-methyl/N-ethyl adjacent to an activating group) is 1. The number of nitrogens with zero attached hydrogens (tertiary/aromatic N) is 7. The third kappa shape index (κ3) is 6.44. The standard InChI is InChI=1S/C43H48N10O6/c1-48-16-17-51(43(48)59)34-18-24-19-35(34)52(21-24)36-10-8-31(38(44)55)39(46-36)45-27-4-2-25(3-5-27)26-12-14-49(15-13-26)29-22-50(23-29)28-6-7-30-32(20-28)42(58)53(41(30)57)33-9-11-37(54)47-40(33)56/h2-8,10,20,24,26,29,33-35H,9,11-19,21-23H2,1H3,(H2,44,55)(H,45,46)(H,47,54,56). The van der Waals surface area contributed by atoms with E-state index in [0.29, 0.717) is 34.8 Å². The van der Waals surface area contributed by atoms with Crippen molar-refractivity contribution in [2.45, 2.75) is 68.6 Å². The molecule has 7 heterocycles. The topological polar surface area (TPSA) is 185 Å². The molecule has 1 aliphatic carbocycles. The number of benzene rings is 2. The summed E-state index contributed by atoms with van der Waals surface area (Å²) in [6.07, 6.45) is 4.32. The Morgan fingerprint density at radius 2 is 1.54 bits per heavy atom. The smallest absolute Gasteiger partial charge is 0.320 e. The zero-order chi connectivity index (χ0) is 40.7. The van der Waals surface area contributed by atoms with E-state index < -0.39 is 35.6 Å². The monoisotopic (exact) mass is 800 g/mol. The van der Waals surface area contributed by atoms with Gasteiger partial charge in [-0.3, -0.25) is 39.1 Å². The van der Waals surface area contributed by atoms with Crippen LogP contribution in [0, 0.1) is 5.92 Å². The Hall–Kier alpha value is -6.03. The second-order valence-corrected chi connectivity index (χ2v) is 17.2. The van der Waals surface area contributed by atoms with Crippen molar-refractivity contribution in [3.8, 4) is 0 Å². The fourth-order valence-electron chi connectivity index (χ4n) is 10.6. The highest BCUT2D eigenvalue weighted by Crippen LogP contribution is 2.44. The lowest BCUT2D eigenvalue weighted by Crippen LogP contribution is -2.60. The molecule has 5 saturated heterocycles. The SMILES string of the molecule is CN1CCN(C2CC3CC2N(c2ccc(C(N)=O)c(Nc4ccc(C5CCN(C6CN(c7ccc8c(c7)C(=O)N(C7CCC(=O)NC7=O)C8=O)C6)CC5)cc4)n2)C3)C1=O. The van der Waals surface area contributed by atoms with Crippen LogP contribution in [0.25, 0.3) is 0 Å². The Bertz CT molecular complexity index is 2270. The average molecular weight is 801 g/mol. The van der Waals surface area contributed by atoms with Crippen LogP contribution in [0.5, 0.6) is 0 Å². The van der Waals surface area contributed by atoms with Crippen molar-refractivity contribution in [2.75, 3.05) is 68.0 Å². The van der Waals surface area contributed by atoms with Crippen LogP contribution in [0.1, 0.15) is 81.1 Å². The maximum Gasteiger partial charge on any atom is 0.320 e. The van der Waals surface area contributed by atoms with Crippen molar-refractivity contribution < 1.29 is 28.8 Å². The van der Waals surface area contributed by atoms with Gasteiger partial charge in [0.25, 0.3) is 17.7 Å². The molecule has 1 aromatic heterocycles. The number of aromatic nitrogens is 1. The molecular formula is C43H48N10O6. The summed E-state index contributed by atoms with van der Waals surface area (Å²) in [6.45, 7) is 5.96. The van der Waals surface area contributed by atoms with Crippen molar-refractivity contribution in [2.24, 2.45) is 11.7 Å². The van der Waals surface area contributed by atoms with E-state index >= 15 is 0 Å². The fourth-order valence-corrected chi connectivity index (χ4v) is 10.6. The van der Waals surface area contributed by atoms with Crippen molar-refractivity contribution in [1.82, 2.24) is 29.9 Å². The summed E-state index contributed by atoms with van der Waals surface area (Å²) in [7, 11) is 1.86. The first-order chi connectivity index (χ1) is 28.5. The van der Waals surface area contributed by atoms with Crippen LogP contribution >= 0.6 is 0 Å². The molecule has 7 amide bonds. The van der Waals surface area contributed by atoms with Gasteiger partial charge in [0.05, 0.1) is 28.8 Å². The number of hydrogen-bond donors (Lipinski definition) is 3. The number of imide groups is 2. The number of carbonyl (C=O) groups is 6. The highest BCUT2D eigenvalue weighted by molar-refractivity contribution is 6.23. The summed E-state index contributed by atoms with van der Waals surface area (Å²) < 4.78 is 0. The molecule has 6 aliphatic heterocycles. The number of amides is 7. The number of pyridine rings is 1. The van der Waals surface area contributed by atoms with Crippen LogP contribution in [0.15, 0.2) is 54.6 Å². The zero-order valence-electron chi connectivity index (χ0n) is 33.0. The number of likely N-dealkylation sites (tertiary alicyclic amines) is 1. The number of piperidine rings is 3. The normalized spacial score (nSPS) is 26.3. The van der Waals surface area contributed by atoms with E-state index in [1.807, 2.05) is 36.2 Å². The molecule has 3 aromatic rings. The minimum atomic E-state index is -0.978. The highest BCUT2D eigenvalue weighted by atomic mass is 16.2. The summed E-state index contributed by atoms with van der Waals surface area (Å²) >= 11 is 0. The molecule has 6 fully saturated rings. The predicted octanol–water partition coefficient (Wildman–Crippen LogP) is 2.73. The Labute approximate surface area is 341 Å². The molecule has 306 valence electrons. The highest BCUT2D eigenvalue weighted by Gasteiger charge is 2.50. The first-order valence-electron chi connectivity index (χ1n) is 20.8. The van der Waals surface area contributed by atoms with Gasteiger partial charge < -0.3 is 30.7 Å². The van der Waals surface area contributed by atoms with Gasteiger partial charge in [-0.2, -0.15) is 0 Å². The van der Waals surface area contributed by atoms with Crippen LogP contribution < -0.4 is 26.2 Å². The van der Waals surface area contributed by atoms with E-state index in [-0.39, 0.29) is 36.5 Å². The molecule has 16 nitrogen and oxygen atoms in total. The number of primary amides is 1. The van der Waals surface area contributed by atoms with Gasteiger partial charge in [0, 0.05) is 63.6 Å². The third-order valence-electron chi connectivity index (χ3n) is 13.9. The number of urea groups is 1. The first kappa shape index (κ1) is 37.3. The van der Waals surface area contributed by atoms with E-state index in [4.69, 9.17) is 10.7 Å². The van der Waals surface area contributed by atoms with Crippen molar-refractivity contribution >= 4 is 58.6 Å². The molecule has 16 heteroatoms. The molecule has 7 aliphatic rings. The summed E-state index contributed by atoms with van der Waals surface area (Å²) in [5.41, 5.74) is 9.68. The second kappa shape index (κ2) is 14.4. The van der Waals surface area contributed by atoms with Crippen LogP contribution in [0.3, 0.4) is 0 Å². The van der Waals surface area contributed by atoms with Gasteiger partial charge >= 0.3 is 6.03 Å². The van der Waals surface area contributed by atoms with E-state index in [9.17, 15) is 28.8 Å². The van der Waals surface area contributed by atoms with E-state index in [1.54, 1.807) is 23.1 Å². The van der Waals surface area contributed by atoms with Crippen LogP contribution in [-0.2, 0) is 9.59 Å². The van der Waals surface area contributed by atoms with E-state index in [0.717, 1.165) is 93.6 Å². The van der Waals surface area contributed by atoms with Crippen molar-refractivity contribution in [3.63, 3.8) is 0 Å². The summed E-state index contributed by atoms with van der Waals surface area (Å²) in [5, 5.41) is 5.62. The Kier molecular flexibility index (Phi) is 9.07. The largest absolute Gasteiger partial charge is 0.368 e. The summed E-state index contributed by atoms with van der Waals surface area (Å²) in [6, 6.07) is 17.1. The number of fused-ring (bicyclic) bond motifs is 3. The number of anilines is 4. The third-order valence-corrected chi connectivity index (χ3v) is 13.9. The molecule has 2 bridgehead atoms. The Morgan fingerprint density at radius 3 is 2.22 bits per heavy atom. The molecule has 0 spiro atoms. The molecule has 0 radical (unpaired) electrons. The maximum atomic E-state index is 13.3. The lowest BCUT2D eigenvalue weighted by atomic mass is 9.88. The second-order valence-electron chi connectivity index (χ2n) is 17.2. The number of nitrogens with one attached hydrogen (secondary N) is 2. The number of rotatable bonds is 9. The van der Waals surface area contributed by atoms with Crippen LogP contribution in [0.2, 0.25) is 0 Å². The predicted molar refractivity (Wildman–Crippen MR) is 218 cm³/mol. The van der Waals surface area contributed by atoms with Gasteiger partial charge in [-0.05, 0) is 105 Å². The van der Waals surface area contributed by atoms with Gasteiger partial charge in [0.1, 0.15) is 17.7 Å². The minimum Gasteiger partial charge on any atom is -0.368 e. The van der Waals surface area contributed by atoms with Crippen LogP contribution in [0.4, 0.5) is 27.8 Å². The lowest BCUT2D eigenvalue weighted by molar-refractivity contribution is -0.136. The molecular weight excluding hydrogens is 753 g/mol. The minimum absolute atomic E-state index is 0.0875. The quantitative estimate of drug-likeness (QED) is 0.271.